The van der Waals surface area contributed by atoms with Crippen LogP contribution >= 0.6 is 11.8 Å². The van der Waals surface area contributed by atoms with Gasteiger partial charge in [0.15, 0.2) is 0 Å². The van der Waals surface area contributed by atoms with Gasteiger partial charge in [-0.1, -0.05) is 19.1 Å². The molecular formula is C9H14S. The Labute approximate surface area is 67.1 Å². The predicted octanol–water partition coefficient (Wildman–Crippen LogP) is 2.56. The van der Waals surface area contributed by atoms with E-state index in [-0.39, 0.29) is 0 Å². The molecule has 2 aliphatic rings. The molecule has 1 heterocycles. The van der Waals surface area contributed by atoms with E-state index >= 15 is 0 Å². The Morgan fingerprint density at radius 1 is 1.30 bits per heavy atom. The van der Waals surface area contributed by atoms with Crippen molar-refractivity contribution in [1.29, 1.82) is 0 Å². The van der Waals surface area contributed by atoms with Crippen molar-refractivity contribution in [3.05, 3.63) is 12.2 Å². The fourth-order valence-corrected chi connectivity index (χ4v) is 3.44. The number of thioether (sulfide) groups is 1. The fraction of sp³-hybridized carbons (Fsp3) is 0.778. The van der Waals surface area contributed by atoms with Crippen molar-refractivity contribution in [2.45, 2.75) is 13.3 Å². The van der Waals surface area contributed by atoms with Crippen molar-refractivity contribution in [2.75, 3.05) is 11.5 Å². The molecule has 1 aliphatic heterocycles. The average Bonchev–Trinajstić information content (AvgIpc) is 2.33. The van der Waals surface area contributed by atoms with Crippen LogP contribution < -0.4 is 0 Å². The summed E-state index contributed by atoms with van der Waals surface area (Å²) < 4.78 is 0. The summed E-state index contributed by atoms with van der Waals surface area (Å²) in [5.74, 6) is 5.60. The van der Waals surface area contributed by atoms with Crippen molar-refractivity contribution in [3.63, 3.8) is 0 Å². The van der Waals surface area contributed by atoms with Crippen molar-refractivity contribution >= 4 is 11.8 Å². The molecule has 1 aliphatic carbocycles. The van der Waals surface area contributed by atoms with Crippen LogP contribution in [0.2, 0.25) is 0 Å². The Bertz CT molecular complexity index is 151. The van der Waals surface area contributed by atoms with Gasteiger partial charge in [-0.15, -0.1) is 0 Å². The molecule has 0 nitrogen and oxygen atoms in total. The number of allylic oxidation sites excluding steroid dienone is 2. The molecule has 0 amide bonds. The van der Waals surface area contributed by atoms with Crippen LogP contribution in [0.1, 0.15) is 13.3 Å². The highest BCUT2D eigenvalue weighted by atomic mass is 32.2. The smallest absolute Gasteiger partial charge is 0.000139 e. The molecule has 2 rings (SSSR count). The van der Waals surface area contributed by atoms with Crippen molar-refractivity contribution in [1.82, 2.24) is 0 Å². The standard InChI is InChI=1S/C9H14S/c1-7-2-3-8-5-10-6-9(8)4-7/h2-3,7-9H,4-6H2,1H3/t7-,8+,9+/m0/s1. The zero-order chi connectivity index (χ0) is 6.97. The molecule has 0 aromatic carbocycles. The summed E-state index contributed by atoms with van der Waals surface area (Å²) >= 11 is 2.13. The molecule has 10 heavy (non-hydrogen) atoms. The van der Waals surface area contributed by atoms with E-state index in [0.29, 0.717) is 0 Å². The van der Waals surface area contributed by atoms with Crippen LogP contribution in [-0.2, 0) is 0 Å². The Kier molecular flexibility index (Phi) is 1.77. The molecule has 0 unspecified atom stereocenters. The first kappa shape index (κ1) is 6.78. The monoisotopic (exact) mass is 154 g/mol. The topological polar surface area (TPSA) is 0 Å². The van der Waals surface area contributed by atoms with Gasteiger partial charge < -0.3 is 0 Å². The maximum Gasteiger partial charge on any atom is -0.000139 e. The maximum absolute atomic E-state index is 2.44. The molecule has 3 atom stereocenters. The molecule has 0 N–H and O–H groups in total. The highest BCUT2D eigenvalue weighted by Gasteiger charge is 2.29. The lowest BCUT2D eigenvalue weighted by atomic mass is 9.82. The van der Waals surface area contributed by atoms with Gasteiger partial charge in [0.2, 0.25) is 0 Å². The van der Waals surface area contributed by atoms with E-state index in [1.807, 2.05) is 0 Å². The molecule has 0 saturated carbocycles. The second-order valence-electron chi connectivity index (χ2n) is 3.56. The molecule has 0 aromatic rings. The first-order valence-corrected chi connectivity index (χ1v) is 5.28. The summed E-state index contributed by atoms with van der Waals surface area (Å²) in [5, 5.41) is 0. The first-order valence-electron chi connectivity index (χ1n) is 4.12. The van der Waals surface area contributed by atoms with E-state index in [2.05, 4.69) is 30.8 Å². The fourth-order valence-electron chi connectivity index (χ4n) is 1.96. The number of rotatable bonds is 0. The van der Waals surface area contributed by atoms with E-state index in [9.17, 15) is 0 Å². The maximum atomic E-state index is 2.44. The van der Waals surface area contributed by atoms with Crippen LogP contribution in [0, 0.1) is 17.8 Å². The Hall–Kier alpha value is 0.0900. The molecule has 0 bridgehead atoms. The first-order chi connectivity index (χ1) is 4.86. The molecule has 56 valence electrons. The third-order valence-corrected chi connectivity index (χ3v) is 3.89. The van der Waals surface area contributed by atoms with Crippen LogP contribution in [0.5, 0.6) is 0 Å². The summed E-state index contributed by atoms with van der Waals surface area (Å²) in [6, 6.07) is 0. The number of hydrogen-bond acceptors (Lipinski definition) is 1. The molecule has 1 heteroatoms. The van der Waals surface area contributed by atoms with E-state index in [4.69, 9.17) is 0 Å². The van der Waals surface area contributed by atoms with Crippen LogP contribution in [0.15, 0.2) is 12.2 Å². The van der Waals surface area contributed by atoms with Crippen molar-refractivity contribution in [3.8, 4) is 0 Å². The minimum atomic E-state index is 0.847. The third kappa shape index (κ3) is 1.12. The summed E-state index contributed by atoms with van der Waals surface area (Å²) in [6.45, 7) is 2.33. The summed E-state index contributed by atoms with van der Waals surface area (Å²) in [7, 11) is 0. The Balaban J connectivity index is 2.09. The summed E-state index contributed by atoms with van der Waals surface area (Å²) in [5.41, 5.74) is 0. The van der Waals surface area contributed by atoms with Gasteiger partial charge in [-0.25, -0.2) is 0 Å². The summed E-state index contributed by atoms with van der Waals surface area (Å²) in [4.78, 5) is 0. The zero-order valence-corrected chi connectivity index (χ0v) is 7.23. The predicted molar refractivity (Wildman–Crippen MR) is 47.2 cm³/mol. The highest BCUT2D eigenvalue weighted by molar-refractivity contribution is 7.99. The lowest BCUT2D eigenvalue weighted by molar-refractivity contribution is 0.388. The van der Waals surface area contributed by atoms with Gasteiger partial charge in [0.1, 0.15) is 0 Å². The van der Waals surface area contributed by atoms with E-state index < -0.39 is 0 Å². The normalized spacial score (nSPS) is 45.5. The van der Waals surface area contributed by atoms with Gasteiger partial charge in [-0.3, -0.25) is 0 Å². The molecule has 0 radical (unpaired) electrons. The average molecular weight is 154 g/mol. The lowest BCUT2D eigenvalue weighted by Crippen LogP contribution is -2.17. The second-order valence-corrected chi connectivity index (χ2v) is 4.63. The minimum absolute atomic E-state index is 0.847. The molecular weight excluding hydrogens is 140 g/mol. The second kappa shape index (κ2) is 2.61. The third-order valence-electron chi connectivity index (χ3n) is 2.61. The number of fused-ring (bicyclic) bond motifs is 1. The van der Waals surface area contributed by atoms with Crippen molar-refractivity contribution in [2.24, 2.45) is 17.8 Å². The Morgan fingerprint density at radius 3 is 3.10 bits per heavy atom. The number of hydrogen-bond donors (Lipinski definition) is 0. The zero-order valence-electron chi connectivity index (χ0n) is 6.42. The minimum Gasteiger partial charge on any atom is -0.161 e. The quantitative estimate of drug-likeness (QED) is 0.483. The van der Waals surface area contributed by atoms with E-state index in [1.54, 1.807) is 0 Å². The lowest BCUT2D eigenvalue weighted by Gasteiger charge is -2.22. The van der Waals surface area contributed by atoms with Crippen molar-refractivity contribution < 1.29 is 0 Å². The molecule has 0 aromatic heterocycles. The van der Waals surface area contributed by atoms with Gasteiger partial charge in [0.05, 0.1) is 0 Å². The van der Waals surface area contributed by atoms with Gasteiger partial charge in [0, 0.05) is 0 Å². The summed E-state index contributed by atoms with van der Waals surface area (Å²) in [6.07, 6.45) is 6.28. The van der Waals surface area contributed by atoms with Crippen LogP contribution in [0.4, 0.5) is 0 Å². The van der Waals surface area contributed by atoms with Gasteiger partial charge in [-0.2, -0.15) is 11.8 Å². The SMILES string of the molecule is C[C@H]1C=C[C@@H]2CSC[C@H]2C1. The molecule has 1 fully saturated rings. The molecule has 0 spiro atoms. The van der Waals surface area contributed by atoms with Crippen LogP contribution in [-0.4, -0.2) is 11.5 Å². The Morgan fingerprint density at radius 2 is 2.20 bits per heavy atom. The van der Waals surface area contributed by atoms with Gasteiger partial charge in [0.25, 0.3) is 0 Å². The molecule has 1 saturated heterocycles. The van der Waals surface area contributed by atoms with Crippen LogP contribution in [0.25, 0.3) is 0 Å². The van der Waals surface area contributed by atoms with E-state index in [1.165, 1.54) is 17.9 Å². The van der Waals surface area contributed by atoms with E-state index in [0.717, 1.165) is 17.8 Å². The van der Waals surface area contributed by atoms with Gasteiger partial charge in [-0.05, 0) is 35.7 Å². The van der Waals surface area contributed by atoms with Crippen LogP contribution in [0.3, 0.4) is 0 Å². The van der Waals surface area contributed by atoms with Gasteiger partial charge >= 0.3 is 0 Å². The highest BCUT2D eigenvalue weighted by Crippen LogP contribution is 2.38. The largest absolute Gasteiger partial charge is 0.161 e.